The maximum absolute atomic E-state index is 12.7. The number of nitro groups is 1. The Labute approximate surface area is 703 Å². The zero-order valence-electron chi connectivity index (χ0n) is 76.2. The number of anilines is 4. The Morgan fingerprint density at radius 3 is 0.940 bits per heavy atom. The quantitative estimate of drug-likeness (QED) is 0.0133. The second-order valence-corrected chi connectivity index (χ2v) is 35.2. The molecule has 0 bridgehead atoms. The fourth-order valence-corrected chi connectivity index (χ4v) is 13.8. The molecule has 644 valence electrons. The molecule has 0 unspecified atom stereocenters. The smallest absolute Gasteiger partial charge is 0.339 e. The van der Waals surface area contributed by atoms with Gasteiger partial charge in [0.05, 0.1) is 74.2 Å². The molecule has 5 atom stereocenters. The van der Waals surface area contributed by atoms with Gasteiger partial charge in [-0.05, 0) is 304 Å². The lowest BCUT2D eigenvalue weighted by atomic mass is 9.84. The summed E-state index contributed by atoms with van der Waals surface area (Å²) in [6.45, 7) is 58.6. The molecule has 9 N–H and O–H groups in total. The number of carbonyl (C=O) groups excluding carboxylic acids is 5. The van der Waals surface area contributed by atoms with Crippen LogP contribution in [0, 0.1) is 121 Å². The fourth-order valence-electron chi connectivity index (χ4n) is 13.0. The SMILES string of the molecule is COC(=O)[C@@H](OC(C)(C)C)c1c(C)c(N)c(C)c(C)c1-c1ccc(C)cc1.COC(=O)[C@@H](OC(C)(C)C)c1c(C)c(N)c(C)c(C)c1Br.COC(=O)[C@@H](OC(C)(C)C)c1c(C)c(N)c(O)c(C)c1-c1ccc(C)cc1.COC(=O)[C@@H](OC(C)(C)C)c1cc(C)c(C)c(N)c1C.COC(=O)[C@@H](OC(C)(C)C)c1cc(C)c(C)c([N+](=O)[O-])c1C. The number of aryl methyl sites for hydroxylation is 4. The number of nitrogen functional groups attached to an aromatic ring is 4. The van der Waals surface area contributed by atoms with Gasteiger partial charge in [-0.2, -0.15) is 0 Å². The first-order valence-corrected chi connectivity index (χ1v) is 39.4. The van der Waals surface area contributed by atoms with Crippen molar-refractivity contribution >= 4 is 74.2 Å². The van der Waals surface area contributed by atoms with Crippen molar-refractivity contribution in [1.82, 2.24) is 0 Å². The summed E-state index contributed by atoms with van der Waals surface area (Å²) in [6.07, 6.45) is -4.39. The lowest BCUT2D eigenvalue weighted by Gasteiger charge is -2.30. The Hall–Kier alpha value is -9.43. The highest BCUT2D eigenvalue weighted by Gasteiger charge is 2.39. The molecule has 0 aliphatic heterocycles. The van der Waals surface area contributed by atoms with E-state index in [9.17, 15) is 39.2 Å². The van der Waals surface area contributed by atoms with Crippen LogP contribution in [0.15, 0.2) is 65.1 Å². The van der Waals surface area contributed by atoms with Crippen LogP contribution in [0.3, 0.4) is 0 Å². The molecule has 0 spiro atoms. The van der Waals surface area contributed by atoms with Crippen LogP contribution in [0.4, 0.5) is 28.4 Å². The fraction of sp³-hybridized carbons (Fsp3) is 0.495. The Morgan fingerprint density at radius 1 is 0.350 bits per heavy atom. The number of ether oxygens (including phenoxy) is 10. The van der Waals surface area contributed by atoms with E-state index in [2.05, 4.69) is 47.1 Å². The number of carbonyl (C=O) groups is 5. The summed E-state index contributed by atoms with van der Waals surface area (Å²) in [7, 11) is 6.70. The number of benzene rings is 7. The Morgan fingerprint density at radius 2 is 0.615 bits per heavy atom. The maximum atomic E-state index is 12.7. The van der Waals surface area contributed by atoms with Gasteiger partial charge in [0.1, 0.15) is 5.75 Å². The van der Waals surface area contributed by atoms with Crippen molar-refractivity contribution in [3.05, 3.63) is 192 Å². The summed E-state index contributed by atoms with van der Waals surface area (Å²) >= 11 is 3.58. The van der Waals surface area contributed by atoms with Crippen molar-refractivity contribution in [1.29, 1.82) is 0 Å². The molecule has 7 rings (SSSR count). The topological polar surface area (TPSA) is 345 Å². The van der Waals surface area contributed by atoms with Gasteiger partial charge >= 0.3 is 29.8 Å². The molecule has 0 aromatic heterocycles. The Balaban J connectivity index is 0.000000380. The highest BCUT2D eigenvalue weighted by atomic mass is 79.9. The second-order valence-electron chi connectivity index (χ2n) is 34.4. The van der Waals surface area contributed by atoms with Crippen molar-refractivity contribution in [2.24, 2.45) is 0 Å². The van der Waals surface area contributed by atoms with Gasteiger partial charge in [0, 0.05) is 60.5 Å². The molecule has 0 saturated heterocycles. The van der Waals surface area contributed by atoms with Crippen LogP contribution >= 0.6 is 15.9 Å². The summed E-state index contributed by atoms with van der Waals surface area (Å²) in [5, 5.41) is 21.9. The van der Waals surface area contributed by atoms with Crippen molar-refractivity contribution in [2.75, 3.05) is 58.5 Å². The summed E-state index contributed by atoms with van der Waals surface area (Å²) in [5.41, 5.74) is 45.4. The largest absolute Gasteiger partial charge is 0.505 e. The molecule has 0 aliphatic carbocycles. The third kappa shape index (κ3) is 26.5. The van der Waals surface area contributed by atoms with Crippen molar-refractivity contribution in [2.45, 2.75) is 273 Å². The normalized spacial score (nSPS) is 12.9. The summed E-state index contributed by atoms with van der Waals surface area (Å²) in [4.78, 5) is 72.6. The van der Waals surface area contributed by atoms with E-state index in [0.29, 0.717) is 50.4 Å². The first-order valence-electron chi connectivity index (χ1n) is 38.6. The number of rotatable bonds is 18. The van der Waals surface area contributed by atoms with Crippen LogP contribution in [0.25, 0.3) is 22.3 Å². The number of nitro benzene ring substituents is 1. The van der Waals surface area contributed by atoms with E-state index >= 15 is 0 Å². The van der Waals surface area contributed by atoms with Gasteiger partial charge in [0.25, 0.3) is 5.69 Å². The highest BCUT2D eigenvalue weighted by Crippen LogP contribution is 2.47. The van der Waals surface area contributed by atoms with Gasteiger partial charge < -0.3 is 75.4 Å². The lowest BCUT2D eigenvalue weighted by molar-refractivity contribution is -0.386. The molecule has 23 nitrogen and oxygen atoms in total. The number of nitrogens with zero attached hydrogens (tertiary/aromatic N) is 1. The van der Waals surface area contributed by atoms with E-state index in [1.807, 2.05) is 203 Å². The number of phenols is 1. The number of nitrogens with two attached hydrogens (primary N) is 4. The minimum atomic E-state index is -0.997. The van der Waals surface area contributed by atoms with Gasteiger partial charge in [-0.15, -0.1) is 0 Å². The molecule has 0 fully saturated rings. The van der Waals surface area contributed by atoms with Crippen molar-refractivity contribution < 1.29 is 81.4 Å². The van der Waals surface area contributed by atoms with Crippen molar-refractivity contribution in [3.8, 4) is 28.0 Å². The molecule has 0 saturated carbocycles. The average Bonchev–Trinajstić information content (AvgIpc) is 0.765. The standard InChI is InChI=1S/C23H31NO3.C22H29NO4.C16H24BrNO3.C16H23NO5.C16H25NO3/c1-13-9-11-17(12-10-13)18-14(2)15(3)20(24)16(4)19(18)21(22(25)26-8)27-23(5,6)7;1-12-8-10-15(11-9-12)16-14(3)19(24)18(23)13(2)17(16)20(21(25)26-7)27-22(4,5)6;1-8-9(2)13(18)10(3)11(12(8)17)14(15(19)20-7)21-16(4,5)6;1-9-8-12(11(3)13(10(9)2)17(19)20)14(15(18)21-7)22-16(4,5)6;1-9-8-12(11(3)13(17)10(9)2)14(15(18)19-7)20-16(4,5)6/h9-12,21H,24H2,1-8H3;8-11,20,24H,23H2,1-7H3;14H,18H2,1-7H3;8,14H,1-7H3;8,14H,17H2,1-7H3/t21-;20-;3*14-/m00000/s1. The number of phenolic OH excluding ortho intramolecular Hbond substituents is 1. The molecule has 0 amide bonds. The molecule has 0 aliphatic rings. The van der Waals surface area contributed by atoms with E-state index in [1.54, 1.807) is 40.7 Å². The van der Waals surface area contributed by atoms with E-state index in [0.717, 1.165) is 105 Å². The van der Waals surface area contributed by atoms with Crippen LogP contribution < -0.4 is 22.9 Å². The number of esters is 5. The first-order chi connectivity index (χ1) is 53.5. The molecule has 117 heavy (non-hydrogen) atoms. The average molecular weight is 1690 g/mol. The van der Waals surface area contributed by atoms with Crippen molar-refractivity contribution in [3.63, 3.8) is 0 Å². The predicted octanol–water partition coefficient (Wildman–Crippen LogP) is 20.6. The van der Waals surface area contributed by atoms with Gasteiger partial charge in [-0.1, -0.05) is 87.7 Å². The third-order valence-electron chi connectivity index (χ3n) is 19.8. The first kappa shape index (κ1) is 102. The van der Waals surface area contributed by atoms with Crippen LogP contribution in [-0.4, -0.2) is 103 Å². The van der Waals surface area contributed by atoms with E-state index < -0.39 is 93.3 Å². The van der Waals surface area contributed by atoms with Crippen LogP contribution in [0.1, 0.15) is 251 Å². The van der Waals surface area contributed by atoms with E-state index in [4.69, 9.17) is 70.3 Å². The number of halogens is 1. The summed E-state index contributed by atoms with van der Waals surface area (Å²) in [5.74, 6) is -2.33. The highest BCUT2D eigenvalue weighted by molar-refractivity contribution is 9.10. The van der Waals surface area contributed by atoms with E-state index in [1.165, 1.54) is 41.1 Å². The monoisotopic (exact) mass is 1690 g/mol. The van der Waals surface area contributed by atoms with Gasteiger partial charge in [-0.3, -0.25) is 10.1 Å². The van der Waals surface area contributed by atoms with Gasteiger partial charge in [0.2, 0.25) is 0 Å². The molecule has 0 radical (unpaired) electrons. The molecule has 0 heterocycles. The molecule has 7 aromatic carbocycles. The summed E-state index contributed by atoms with van der Waals surface area (Å²) < 4.78 is 55.4. The predicted molar refractivity (Wildman–Crippen MR) is 471 cm³/mol. The number of methoxy groups -OCH3 is 5. The number of hydrogen-bond acceptors (Lipinski definition) is 22. The van der Waals surface area contributed by atoms with Gasteiger partial charge in [0.15, 0.2) is 30.5 Å². The minimum absolute atomic E-state index is 0.0152. The molecular formula is C93H132BrN5O18. The third-order valence-corrected chi connectivity index (χ3v) is 20.8. The van der Waals surface area contributed by atoms with E-state index in [-0.39, 0.29) is 17.1 Å². The molecule has 24 heteroatoms. The lowest BCUT2D eigenvalue weighted by Crippen LogP contribution is -2.29. The second kappa shape index (κ2) is 41.3. The minimum Gasteiger partial charge on any atom is -0.505 e. The Kier molecular flexibility index (Phi) is 35.9. The zero-order chi connectivity index (χ0) is 90.5. The maximum Gasteiger partial charge on any atom is 0.339 e. The summed E-state index contributed by atoms with van der Waals surface area (Å²) in [6, 6.07) is 19.9. The molecule has 7 aromatic rings. The van der Waals surface area contributed by atoms with Crippen LogP contribution in [0.5, 0.6) is 5.75 Å². The van der Waals surface area contributed by atoms with Crippen LogP contribution in [0.2, 0.25) is 0 Å². The zero-order valence-corrected chi connectivity index (χ0v) is 77.8. The Bertz CT molecular complexity index is 4570. The van der Waals surface area contributed by atoms with Crippen LogP contribution in [-0.2, 0) is 71.3 Å². The molecular weight excluding hydrogens is 1550 g/mol. The number of hydrogen-bond donors (Lipinski definition) is 5. The van der Waals surface area contributed by atoms with Gasteiger partial charge in [-0.25, -0.2) is 24.0 Å². The number of aromatic hydroxyl groups is 1.